The number of rotatable bonds is 10. The zero-order valence-corrected chi connectivity index (χ0v) is 20.2. The molecule has 3 rings (SSSR count). The molecule has 1 aromatic heterocycles. The highest BCUT2D eigenvalue weighted by molar-refractivity contribution is 5.73. The average Bonchev–Trinajstić information content (AvgIpc) is 3.21. The van der Waals surface area contributed by atoms with Crippen molar-refractivity contribution in [1.29, 1.82) is 0 Å². The van der Waals surface area contributed by atoms with E-state index < -0.39 is 0 Å². The number of aryl methyl sites for hydroxylation is 1. The Bertz CT molecular complexity index is 1000. The molecule has 5 heteroatoms. The van der Waals surface area contributed by atoms with Crippen LogP contribution in [-0.2, 0) is 21.4 Å². The fourth-order valence-corrected chi connectivity index (χ4v) is 3.77. The Kier molecular flexibility index (Phi) is 8.05. The van der Waals surface area contributed by atoms with E-state index in [1.165, 1.54) is 18.4 Å². The summed E-state index contributed by atoms with van der Waals surface area (Å²) >= 11 is 0. The number of hydrogen-bond donors (Lipinski definition) is 0. The summed E-state index contributed by atoms with van der Waals surface area (Å²) in [6.45, 7) is 11.5. The number of carbonyl (C=O) groups is 1. The summed E-state index contributed by atoms with van der Waals surface area (Å²) in [5, 5.41) is 9.28. The average molecular weight is 436 g/mol. The molecule has 5 nitrogen and oxygen atoms in total. The maximum absolute atomic E-state index is 12.4. The van der Waals surface area contributed by atoms with E-state index >= 15 is 0 Å². The van der Waals surface area contributed by atoms with Crippen LogP contribution in [-0.4, -0.2) is 27.6 Å². The fraction of sp³-hybridized carbons (Fsp3) is 0.519. The first-order valence-electron chi connectivity index (χ1n) is 11.9. The largest absolute Gasteiger partial charge is 0.465 e. The molecule has 172 valence electrons. The first kappa shape index (κ1) is 24.0. The molecule has 0 aliphatic rings. The summed E-state index contributed by atoms with van der Waals surface area (Å²) in [4.78, 5) is 14.1. The van der Waals surface area contributed by atoms with E-state index in [0.717, 1.165) is 35.1 Å². The van der Waals surface area contributed by atoms with Crippen molar-refractivity contribution >= 4 is 17.0 Å². The molecule has 0 bridgehead atoms. The number of ether oxygens (including phenoxy) is 1. The molecule has 0 fully saturated rings. The number of aromatic nitrogens is 3. The molecule has 0 amide bonds. The number of unbranched alkanes of at least 4 members (excludes halogenated alkanes) is 1. The molecule has 0 spiro atoms. The molecule has 32 heavy (non-hydrogen) atoms. The highest BCUT2D eigenvalue weighted by Crippen LogP contribution is 2.27. The van der Waals surface area contributed by atoms with Gasteiger partial charge in [0.05, 0.1) is 12.3 Å². The number of benzene rings is 2. The summed E-state index contributed by atoms with van der Waals surface area (Å²) in [6, 6.07) is 14.3. The molecule has 0 saturated heterocycles. The molecule has 0 N–H and O–H groups in total. The number of esters is 1. The van der Waals surface area contributed by atoms with Gasteiger partial charge in [-0.25, -0.2) is 0 Å². The normalized spacial score (nSPS) is 12.8. The summed E-state index contributed by atoms with van der Waals surface area (Å²) in [6.07, 6.45) is 5.57. The summed E-state index contributed by atoms with van der Waals surface area (Å²) in [5.41, 5.74) is 4.93. The van der Waals surface area contributed by atoms with E-state index in [1.54, 1.807) is 4.80 Å². The monoisotopic (exact) mass is 435 g/mol. The predicted octanol–water partition coefficient (Wildman–Crippen LogP) is 6.41. The van der Waals surface area contributed by atoms with Crippen molar-refractivity contribution < 1.29 is 9.53 Å². The number of fused-ring (bicyclic) bond motifs is 1. The van der Waals surface area contributed by atoms with Gasteiger partial charge >= 0.3 is 5.97 Å². The van der Waals surface area contributed by atoms with Crippen molar-refractivity contribution in [3.05, 3.63) is 53.6 Å². The van der Waals surface area contributed by atoms with Crippen molar-refractivity contribution in [2.45, 2.75) is 78.6 Å². The van der Waals surface area contributed by atoms with Crippen molar-refractivity contribution in [2.24, 2.45) is 5.92 Å². The maximum atomic E-state index is 12.4. The molecule has 1 heterocycles. The van der Waals surface area contributed by atoms with Gasteiger partial charge < -0.3 is 4.74 Å². The Balaban J connectivity index is 1.73. The fourth-order valence-electron chi connectivity index (χ4n) is 3.77. The summed E-state index contributed by atoms with van der Waals surface area (Å²) < 4.78 is 5.60. The third-order valence-corrected chi connectivity index (χ3v) is 6.00. The van der Waals surface area contributed by atoms with Crippen LogP contribution in [0.3, 0.4) is 0 Å². The minimum Gasteiger partial charge on any atom is -0.465 e. The lowest BCUT2D eigenvalue weighted by Gasteiger charge is -2.21. The SMILES string of the molecule is CCCCC(CC)COC(=O)CCc1cc(-n2nc3ccccc3n2)cc(C(C)(C)C)c1. The first-order chi connectivity index (χ1) is 15.3. The molecule has 0 saturated carbocycles. The second-order valence-electron chi connectivity index (χ2n) is 9.72. The summed E-state index contributed by atoms with van der Waals surface area (Å²) in [5.74, 6) is 0.348. The van der Waals surface area contributed by atoms with E-state index in [2.05, 4.69) is 63.0 Å². The van der Waals surface area contributed by atoms with Crippen molar-refractivity contribution in [3.8, 4) is 5.69 Å². The van der Waals surface area contributed by atoms with Gasteiger partial charge in [-0.15, -0.1) is 10.2 Å². The van der Waals surface area contributed by atoms with E-state index in [4.69, 9.17) is 4.74 Å². The topological polar surface area (TPSA) is 57.0 Å². The van der Waals surface area contributed by atoms with Crippen LogP contribution >= 0.6 is 0 Å². The maximum Gasteiger partial charge on any atom is 0.306 e. The lowest BCUT2D eigenvalue weighted by Crippen LogP contribution is -2.15. The van der Waals surface area contributed by atoms with Crippen LogP contribution < -0.4 is 0 Å². The molecule has 2 aromatic carbocycles. The number of hydrogen-bond acceptors (Lipinski definition) is 4. The van der Waals surface area contributed by atoms with Gasteiger partial charge in [-0.3, -0.25) is 4.79 Å². The van der Waals surface area contributed by atoms with Gasteiger partial charge in [0.2, 0.25) is 0 Å². The van der Waals surface area contributed by atoms with Gasteiger partial charge in [-0.05, 0) is 59.6 Å². The van der Waals surface area contributed by atoms with E-state index in [9.17, 15) is 4.79 Å². The van der Waals surface area contributed by atoms with Crippen LogP contribution in [0, 0.1) is 5.92 Å². The molecule has 0 aliphatic heterocycles. The number of nitrogens with zero attached hydrogens (tertiary/aromatic N) is 3. The Hall–Kier alpha value is -2.69. The molecule has 0 aliphatic carbocycles. The van der Waals surface area contributed by atoms with Crippen LogP contribution in [0.2, 0.25) is 0 Å². The molecule has 0 radical (unpaired) electrons. The molecule has 1 unspecified atom stereocenters. The lowest BCUT2D eigenvalue weighted by molar-refractivity contribution is -0.145. The summed E-state index contributed by atoms with van der Waals surface area (Å²) in [7, 11) is 0. The van der Waals surface area contributed by atoms with Gasteiger partial charge in [0.15, 0.2) is 0 Å². The van der Waals surface area contributed by atoms with Crippen LogP contribution in [0.1, 0.15) is 77.8 Å². The zero-order chi connectivity index (χ0) is 23.1. The van der Waals surface area contributed by atoms with Crippen LogP contribution in [0.15, 0.2) is 42.5 Å². The zero-order valence-electron chi connectivity index (χ0n) is 20.2. The van der Waals surface area contributed by atoms with Gasteiger partial charge in [0, 0.05) is 6.42 Å². The van der Waals surface area contributed by atoms with Gasteiger partial charge in [0.25, 0.3) is 0 Å². The smallest absolute Gasteiger partial charge is 0.306 e. The van der Waals surface area contributed by atoms with E-state index in [1.807, 2.05) is 24.3 Å². The Labute approximate surface area is 192 Å². The van der Waals surface area contributed by atoms with E-state index in [-0.39, 0.29) is 11.4 Å². The standard InChI is InChI=1S/C27H37N3O2/c1-6-8-11-20(7-2)19-32-26(31)15-14-21-16-22(27(3,4)5)18-23(17-21)30-28-24-12-9-10-13-25(24)29-30/h9-10,12-13,16-18,20H,6-8,11,14-15,19H2,1-5H3. The highest BCUT2D eigenvalue weighted by atomic mass is 16.5. The van der Waals surface area contributed by atoms with Gasteiger partial charge in [-0.1, -0.05) is 72.1 Å². The van der Waals surface area contributed by atoms with Crippen LogP contribution in [0.25, 0.3) is 16.7 Å². The van der Waals surface area contributed by atoms with E-state index in [0.29, 0.717) is 25.4 Å². The Morgan fingerprint density at radius 3 is 2.34 bits per heavy atom. The second kappa shape index (κ2) is 10.8. The third kappa shape index (κ3) is 6.41. The molecular formula is C27H37N3O2. The third-order valence-electron chi connectivity index (χ3n) is 6.00. The Morgan fingerprint density at radius 1 is 1.06 bits per heavy atom. The number of carbonyl (C=O) groups excluding carboxylic acids is 1. The second-order valence-corrected chi connectivity index (χ2v) is 9.72. The van der Waals surface area contributed by atoms with Crippen molar-refractivity contribution in [2.75, 3.05) is 6.61 Å². The predicted molar refractivity (Wildman–Crippen MR) is 130 cm³/mol. The highest BCUT2D eigenvalue weighted by Gasteiger charge is 2.18. The molecule has 3 aromatic rings. The van der Waals surface area contributed by atoms with Gasteiger partial charge in [-0.2, -0.15) is 4.80 Å². The first-order valence-corrected chi connectivity index (χ1v) is 11.9. The molecular weight excluding hydrogens is 398 g/mol. The van der Waals surface area contributed by atoms with Crippen molar-refractivity contribution in [1.82, 2.24) is 15.0 Å². The lowest BCUT2D eigenvalue weighted by atomic mass is 9.85. The molecule has 1 atom stereocenters. The minimum atomic E-state index is -0.120. The minimum absolute atomic E-state index is 0.0224. The van der Waals surface area contributed by atoms with Crippen molar-refractivity contribution in [3.63, 3.8) is 0 Å². The van der Waals surface area contributed by atoms with Gasteiger partial charge in [0.1, 0.15) is 11.0 Å². The Morgan fingerprint density at radius 2 is 1.75 bits per heavy atom. The quantitative estimate of drug-likeness (QED) is 0.345. The van der Waals surface area contributed by atoms with Crippen LogP contribution in [0.5, 0.6) is 0 Å². The van der Waals surface area contributed by atoms with Crippen LogP contribution in [0.4, 0.5) is 0 Å².